The van der Waals surface area contributed by atoms with E-state index in [0.29, 0.717) is 16.9 Å². The summed E-state index contributed by atoms with van der Waals surface area (Å²) >= 11 is 6.21. The van der Waals surface area contributed by atoms with E-state index in [1.165, 1.54) is 49.8 Å². The maximum atomic E-state index is 14.2. The van der Waals surface area contributed by atoms with E-state index in [-0.39, 0.29) is 45.4 Å². The number of halogens is 2. The zero-order valence-corrected chi connectivity index (χ0v) is 22.0. The minimum atomic E-state index is -4.19. The summed E-state index contributed by atoms with van der Waals surface area (Å²) < 4.78 is 68.8. The molecule has 1 N–H and O–H groups in total. The number of benzene rings is 2. The second-order valence-corrected chi connectivity index (χ2v) is 10.3. The summed E-state index contributed by atoms with van der Waals surface area (Å²) in [5.74, 6) is -0.491. The Labute approximate surface area is 211 Å². The van der Waals surface area contributed by atoms with Crippen molar-refractivity contribution in [2.24, 2.45) is 0 Å². The van der Waals surface area contributed by atoms with Gasteiger partial charge in [0.2, 0.25) is 10.0 Å². The van der Waals surface area contributed by atoms with Crippen LogP contribution >= 0.6 is 19.3 Å². The van der Waals surface area contributed by atoms with Gasteiger partial charge in [0.05, 0.1) is 17.7 Å². The van der Waals surface area contributed by atoms with Gasteiger partial charge >= 0.3 is 7.75 Å². The predicted molar refractivity (Wildman–Crippen MR) is 118 cm³/mol. The number of ether oxygens (including phenoxy) is 1. The molecule has 0 amide bonds. The van der Waals surface area contributed by atoms with Crippen molar-refractivity contribution < 1.29 is 31.2 Å². The third-order valence-corrected chi connectivity index (χ3v) is 8.27. The Morgan fingerprint density at radius 1 is 1.09 bits per heavy atom. The third kappa shape index (κ3) is 5.61. The number of nitrogens with zero attached hydrogens (tertiary/aromatic N) is 2. The molecule has 0 bridgehead atoms. The SMILES string of the molecule is COc1ccc(-c2c(Cl)ncn2-c2ccc(S(=O)(=O)NP(=O)(OC)OC)cc2)cc1F.[Na]. The largest absolute Gasteiger partial charge is 0.494 e. The molecule has 0 atom stereocenters. The van der Waals surface area contributed by atoms with Gasteiger partial charge in [-0.05, 0) is 42.5 Å². The molecule has 0 fully saturated rings. The van der Waals surface area contributed by atoms with Crippen molar-refractivity contribution in [3.8, 4) is 22.7 Å². The Balaban J connectivity index is 0.00000363. The maximum absolute atomic E-state index is 14.2. The van der Waals surface area contributed by atoms with Crippen molar-refractivity contribution in [1.82, 2.24) is 14.0 Å². The monoisotopic (exact) mass is 512 g/mol. The van der Waals surface area contributed by atoms with Gasteiger partial charge in [-0.25, -0.2) is 22.4 Å². The number of aromatic nitrogens is 2. The van der Waals surface area contributed by atoms with E-state index in [1.807, 2.05) is 4.49 Å². The molecule has 1 aromatic heterocycles. The van der Waals surface area contributed by atoms with Gasteiger partial charge < -0.3 is 4.74 Å². The molecule has 14 heteroatoms. The van der Waals surface area contributed by atoms with Crippen molar-refractivity contribution >= 4 is 58.9 Å². The van der Waals surface area contributed by atoms with Crippen molar-refractivity contribution in [1.29, 1.82) is 0 Å². The standard InChI is InChI=1S/C18H18ClFN3O6PS.Na/c1-27-16-9-4-12(10-15(16)20)17-18(19)21-11-23(17)13-5-7-14(8-6-13)31(25,26)22-30(24,28-2)29-3;/h4-11H,1-3H3,(H,22,24);. The summed E-state index contributed by atoms with van der Waals surface area (Å²) in [4.78, 5) is 3.89. The molecule has 2 aromatic carbocycles. The fraction of sp³-hybridized carbons (Fsp3) is 0.167. The molecule has 0 aliphatic heterocycles. The molecular formula is C18H18ClFN3NaO6PS. The average Bonchev–Trinajstić information content (AvgIpc) is 3.14. The summed E-state index contributed by atoms with van der Waals surface area (Å²) in [6, 6.07) is 9.90. The van der Waals surface area contributed by atoms with Gasteiger partial charge in [0, 0.05) is 55.0 Å². The van der Waals surface area contributed by atoms with Gasteiger partial charge in [-0.3, -0.25) is 13.6 Å². The van der Waals surface area contributed by atoms with Gasteiger partial charge in [-0.15, -0.1) is 4.49 Å². The number of nitrogens with one attached hydrogen (secondary N) is 1. The molecule has 1 radical (unpaired) electrons. The molecule has 0 spiro atoms. The van der Waals surface area contributed by atoms with Crippen LogP contribution < -0.4 is 9.23 Å². The van der Waals surface area contributed by atoms with E-state index in [1.54, 1.807) is 10.6 Å². The zero-order valence-electron chi connectivity index (χ0n) is 17.6. The normalized spacial score (nSPS) is 11.8. The van der Waals surface area contributed by atoms with Crippen LogP contribution in [0.15, 0.2) is 53.7 Å². The second-order valence-electron chi connectivity index (χ2n) is 6.05. The zero-order chi connectivity index (χ0) is 22.8. The van der Waals surface area contributed by atoms with Crippen LogP contribution in [0.4, 0.5) is 4.39 Å². The molecular weight excluding hydrogens is 495 g/mol. The molecule has 3 aromatic rings. The Morgan fingerprint density at radius 2 is 1.72 bits per heavy atom. The third-order valence-electron chi connectivity index (χ3n) is 4.29. The van der Waals surface area contributed by atoms with Crippen LogP contribution in [0, 0.1) is 5.82 Å². The quantitative estimate of drug-likeness (QED) is 0.362. The van der Waals surface area contributed by atoms with E-state index in [4.69, 9.17) is 16.3 Å². The van der Waals surface area contributed by atoms with Crippen LogP contribution in [0.5, 0.6) is 5.75 Å². The van der Waals surface area contributed by atoms with Crippen LogP contribution in [0.25, 0.3) is 16.9 Å². The van der Waals surface area contributed by atoms with E-state index in [0.717, 1.165) is 14.2 Å². The van der Waals surface area contributed by atoms with Gasteiger partial charge in [0.25, 0.3) is 0 Å². The summed E-state index contributed by atoms with van der Waals surface area (Å²) in [5.41, 5.74) is 1.35. The number of hydrogen-bond acceptors (Lipinski definition) is 7. The molecule has 9 nitrogen and oxygen atoms in total. The summed E-state index contributed by atoms with van der Waals surface area (Å²) in [5, 5.41) is 0.129. The van der Waals surface area contributed by atoms with E-state index < -0.39 is 23.6 Å². The number of rotatable bonds is 8. The Morgan fingerprint density at radius 3 is 2.25 bits per heavy atom. The Bertz CT molecular complexity index is 1250. The Hall–Kier alpha value is -1.27. The fourth-order valence-corrected chi connectivity index (χ4v) is 5.81. The second kappa shape index (κ2) is 10.8. The summed E-state index contributed by atoms with van der Waals surface area (Å²) in [6.45, 7) is 0. The maximum Gasteiger partial charge on any atom is 0.418 e. The van der Waals surface area contributed by atoms with Crippen molar-refractivity contribution in [3.05, 3.63) is 59.8 Å². The first kappa shape index (κ1) is 27.0. The molecule has 0 saturated carbocycles. The van der Waals surface area contributed by atoms with E-state index in [9.17, 15) is 17.4 Å². The molecule has 3 rings (SSSR count). The van der Waals surface area contributed by atoms with Crippen LogP contribution in [0.2, 0.25) is 5.15 Å². The van der Waals surface area contributed by atoms with E-state index in [2.05, 4.69) is 14.0 Å². The molecule has 167 valence electrons. The van der Waals surface area contributed by atoms with Crippen LogP contribution in [-0.2, 0) is 23.6 Å². The minimum Gasteiger partial charge on any atom is -0.494 e. The summed E-state index contributed by atoms with van der Waals surface area (Å²) in [6.07, 6.45) is 1.42. The molecule has 32 heavy (non-hydrogen) atoms. The molecule has 0 aliphatic carbocycles. The van der Waals surface area contributed by atoms with Crippen molar-refractivity contribution in [2.75, 3.05) is 21.3 Å². The summed E-state index contributed by atoms with van der Waals surface area (Å²) in [7, 11) is -4.73. The first-order chi connectivity index (χ1) is 14.6. The van der Waals surface area contributed by atoms with Gasteiger partial charge in [-0.1, -0.05) is 11.6 Å². The number of imidazole rings is 1. The molecule has 0 unspecified atom stereocenters. The Kier molecular flexibility index (Phi) is 9.08. The molecule has 0 saturated heterocycles. The number of methoxy groups -OCH3 is 1. The van der Waals surface area contributed by atoms with Crippen LogP contribution in [0.1, 0.15) is 0 Å². The van der Waals surface area contributed by atoms with Crippen molar-refractivity contribution in [2.45, 2.75) is 4.90 Å². The number of hydrogen-bond donors (Lipinski definition) is 1. The fourth-order valence-electron chi connectivity index (χ4n) is 2.73. The van der Waals surface area contributed by atoms with Crippen molar-refractivity contribution in [3.63, 3.8) is 0 Å². The molecule has 0 aliphatic rings. The first-order valence-corrected chi connectivity index (χ1v) is 12.0. The van der Waals surface area contributed by atoms with E-state index >= 15 is 0 Å². The molecule has 1 heterocycles. The van der Waals surface area contributed by atoms with Gasteiger partial charge in [0.1, 0.15) is 6.33 Å². The predicted octanol–water partition coefficient (Wildman–Crippen LogP) is 3.64. The smallest absolute Gasteiger partial charge is 0.418 e. The van der Waals surface area contributed by atoms with Gasteiger partial charge in [-0.2, -0.15) is 0 Å². The number of sulfonamides is 1. The van der Waals surface area contributed by atoms with Gasteiger partial charge in [0.15, 0.2) is 16.7 Å². The average molecular weight is 513 g/mol. The topological polar surface area (TPSA) is 109 Å². The van der Waals surface area contributed by atoms with Crippen LogP contribution in [0.3, 0.4) is 0 Å². The minimum absolute atomic E-state index is 0. The van der Waals surface area contributed by atoms with Crippen LogP contribution in [-0.4, -0.2) is 68.9 Å². The first-order valence-electron chi connectivity index (χ1n) is 8.57.